The van der Waals surface area contributed by atoms with Gasteiger partial charge in [0.05, 0.1) is 10.0 Å². The summed E-state index contributed by atoms with van der Waals surface area (Å²) in [7, 11) is 0. The molecule has 2 aromatic rings. The Labute approximate surface area is 138 Å². The zero-order chi connectivity index (χ0) is 15.0. The van der Waals surface area contributed by atoms with Gasteiger partial charge in [0.25, 0.3) is 0 Å². The van der Waals surface area contributed by atoms with E-state index in [0.29, 0.717) is 16.1 Å². The van der Waals surface area contributed by atoms with Crippen LogP contribution < -0.4 is 4.90 Å². The van der Waals surface area contributed by atoms with Gasteiger partial charge in [0, 0.05) is 37.2 Å². The van der Waals surface area contributed by atoms with Crippen LogP contribution in [0.4, 0.5) is 5.82 Å². The molecule has 0 amide bonds. The van der Waals surface area contributed by atoms with Crippen molar-refractivity contribution < 1.29 is 0 Å². The lowest BCUT2D eigenvalue weighted by Gasteiger charge is -2.34. The van der Waals surface area contributed by atoms with Crippen LogP contribution in [0.25, 0.3) is 0 Å². The first-order valence-corrected chi connectivity index (χ1v) is 7.95. The lowest BCUT2D eigenvalue weighted by Crippen LogP contribution is -2.35. The average molecular weight is 346 g/mol. The monoisotopic (exact) mass is 344 g/mol. The maximum atomic E-state index is 6.16. The van der Waals surface area contributed by atoms with Gasteiger partial charge < -0.3 is 9.47 Å². The fraction of sp³-hybridized carbons (Fsp3) is 0.429. The number of piperidine rings is 1. The minimum atomic E-state index is 0.287. The van der Waals surface area contributed by atoms with Crippen molar-refractivity contribution in [2.24, 2.45) is 0 Å². The summed E-state index contributed by atoms with van der Waals surface area (Å²) in [4.78, 5) is 10.4. The highest BCUT2D eigenvalue weighted by Gasteiger charge is 2.23. The van der Waals surface area contributed by atoms with Crippen molar-refractivity contribution >= 4 is 40.6 Å². The zero-order valence-corrected chi connectivity index (χ0v) is 13.8. The van der Waals surface area contributed by atoms with Crippen LogP contribution in [-0.2, 0) is 0 Å². The molecule has 0 radical (unpaired) electrons. The van der Waals surface area contributed by atoms with Gasteiger partial charge in [0.1, 0.15) is 5.82 Å². The smallest absolute Gasteiger partial charge is 0.224 e. The Kier molecular flexibility index (Phi) is 4.29. The van der Waals surface area contributed by atoms with Crippen LogP contribution in [0, 0.1) is 6.92 Å². The van der Waals surface area contributed by atoms with E-state index < -0.39 is 0 Å². The summed E-state index contributed by atoms with van der Waals surface area (Å²) in [6, 6.07) is 2.31. The second-order valence-corrected chi connectivity index (χ2v) is 6.31. The number of hydrogen-bond acceptors (Lipinski definition) is 3. The van der Waals surface area contributed by atoms with E-state index >= 15 is 0 Å². The quantitative estimate of drug-likeness (QED) is 0.757. The lowest BCUT2D eigenvalue weighted by atomic mass is 10.0. The van der Waals surface area contributed by atoms with Gasteiger partial charge in [0.15, 0.2) is 0 Å². The first-order chi connectivity index (χ1) is 10.1. The summed E-state index contributed by atoms with van der Waals surface area (Å²) in [5, 5.41) is 1.57. The molecular weight excluding hydrogens is 331 g/mol. The summed E-state index contributed by atoms with van der Waals surface area (Å²) in [5.74, 6) is 0.883. The Morgan fingerprint density at radius 1 is 1.19 bits per heavy atom. The normalized spacial score (nSPS) is 16.5. The molecule has 1 fully saturated rings. The molecule has 112 valence electrons. The largest absolute Gasteiger partial charge is 0.356 e. The van der Waals surface area contributed by atoms with Crippen LogP contribution >= 0.6 is 34.8 Å². The van der Waals surface area contributed by atoms with Crippen molar-refractivity contribution in [2.75, 3.05) is 18.0 Å². The molecule has 0 N–H and O–H groups in total. The predicted octanol–water partition coefficient (Wildman–Crippen LogP) is 4.39. The SMILES string of the molecule is Cc1c(Cl)c(Cl)cn1C1CCN(c2ccnc(Cl)n2)CC1. The van der Waals surface area contributed by atoms with E-state index in [1.807, 2.05) is 19.2 Å². The third-order valence-electron chi connectivity index (χ3n) is 3.96. The first kappa shape index (κ1) is 14.9. The third-order valence-corrected chi connectivity index (χ3v) is 5.00. The molecule has 21 heavy (non-hydrogen) atoms. The van der Waals surface area contributed by atoms with Crippen molar-refractivity contribution in [2.45, 2.75) is 25.8 Å². The number of nitrogens with zero attached hydrogens (tertiary/aromatic N) is 4. The van der Waals surface area contributed by atoms with E-state index in [-0.39, 0.29) is 5.28 Å². The molecule has 0 unspecified atom stereocenters. The molecule has 4 nitrogen and oxygen atoms in total. The van der Waals surface area contributed by atoms with Gasteiger partial charge in [-0.25, -0.2) is 9.97 Å². The van der Waals surface area contributed by atoms with Crippen molar-refractivity contribution in [3.05, 3.63) is 39.5 Å². The molecule has 0 bridgehead atoms. The number of rotatable bonds is 2. The van der Waals surface area contributed by atoms with Gasteiger partial charge in [-0.1, -0.05) is 23.2 Å². The molecule has 0 aromatic carbocycles. The van der Waals surface area contributed by atoms with Gasteiger partial charge in [-0.15, -0.1) is 0 Å². The average Bonchev–Trinajstić information content (AvgIpc) is 2.75. The van der Waals surface area contributed by atoms with Crippen LogP contribution in [0.1, 0.15) is 24.6 Å². The highest BCUT2D eigenvalue weighted by Crippen LogP contribution is 2.33. The maximum Gasteiger partial charge on any atom is 0.224 e. The first-order valence-electron chi connectivity index (χ1n) is 6.82. The number of hydrogen-bond donors (Lipinski definition) is 0. The van der Waals surface area contributed by atoms with Crippen molar-refractivity contribution in [1.29, 1.82) is 0 Å². The van der Waals surface area contributed by atoms with Gasteiger partial charge in [0.2, 0.25) is 5.28 Å². The van der Waals surface area contributed by atoms with Crippen LogP contribution in [0.2, 0.25) is 15.3 Å². The molecule has 1 saturated heterocycles. The molecular formula is C14H15Cl3N4. The second kappa shape index (κ2) is 6.03. The van der Waals surface area contributed by atoms with Crippen molar-refractivity contribution in [1.82, 2.24) is 14.5 Å². The standard InChI is InChI=1S/C14H15Cl3N4/c1-9-13(16)11(15)8-21(9)10-3-6-20(7-4-10)12-2-5-18-14(17)19-12/h2,5,8,10H,3-4,6-7H2,1H3. The molecule has 0 saturated carbocycles. The summed E-state index contributed by atoms with van der Waals surface area (Å²) in [5.41, 5.74) is 1.03. The number of anilines is 1. The molecule has 2 aromatic heterocycles. The number of aromatic nitrogens is 3. The molecule has 0 spiro atoms. The van der Waals surface area contributed by atoms with E-state index in [1.165, 1.54) is 0 Å². The van der Waals surface area contributed by atoms with Gasteiger partial charge in [-0.05, 0) is 37.4 Å². The molecule has 0 aliphatic carbocycles. The topological polar surface area (TPSA) is 34.0 Å². The van der Waals surface area contributed by atoms with Crippen LogP contribution in [-0.4, -0.2) is 27.6 Å². The summed E-state index contributed by atoms with van der Waals surface area (Å²) in [6.07, 6.45) is 5.65. The fourth-order valence-electron chi connectivity index (χ4n) is 2.82. The highest BCUT2D eigenvalue weighted by molar-refractivity contribution is 6.42. The van der Waals surface area contributed by atoms with Gasteiger partial charge in [-0.2, -0.15) is 0 Å². The Morgan fingerprint density at radius 2 is 1.90 bits per heavy atom. The Hall–Kier alpha value is -0.970. The van der Waals surface area contributed by atoms with Crippen LogP contribution in [0.3, 0.4) is 0 Å². The maximum absolute atomic E-state index is 6.16. The minimum absolute atomic E-state index is 0.287. The molecule has 3 rings (SSSR count). The Bertz CT molecular complexity index is 648. The van der Waals surface area contributed by atoms with Crippen molar-refractivity contribution in [3.8, 4) is 0 Å². The third kappa shape index (κ3) is 2.98. The highest BCUT2D eigenvalue weighted by atomic mass is 35.5. The van der Waals surface area contributed by atoms with Crippen molar-refractivity contribution in [3.63, 3.8) is 0 Å². The number of halogens is 3. The molecule has 1 aliphatic rings. The Morgan fingerprint density at radius 3 is 2.48 bits per heavy atom. The predicted molar refractivity (Wildman–Crippen MR) is 86.7 cm³/mol. The van der Waals surface area contributed by atoms with Gasteiger partial charge in [-0.3, -0.25) is 0 Å². The molecule has 3 heterocycles. The summed E-state index contributed by atoms with van der Waals surface area (Å²) < 4.78 is 2.19. The van der Waals surface area contributed by atoms with E-state index in [1.54, 1.807) is 6.20 Å². The van der Waals surface area contributed by atoms with E-state index in [0.717, 1.165) is 37.4 Å². The minimum Gasteiger partial charge on any atom is -0.356 e. The molecule has 7 heteroatoms. The zero-order valence-electron chi connectivity index (χ0n) is 11.6. The molecule has 0 atom stereocenters. The second-order valence-electron chi connectivity index (χ2n) is 5.19. The lowest BCUT2D eigenvalue weighted by molar-refractivity contribution is 0.391. The Balaban J connectivity index is 1.72. The fourth-order valence-corrected chi connectivity index (χ4v) is 3.35. The van der Waals surface area contributed by atoms with E-state index in [2.05, 4.69) is 19.4 Å². The van der Waals surface area contributed by atoms with E-state index in [4.69, 9.17) is 34.8 Å². The molecule has 1 aliphatic heterocycles. The van der Waals surface area contributed by atoms with Crippen LogP contribution in [0.15, 0.2) is 18.5 Å². The summed E-state index contributed by atoms with van der Waals surface area (Å²) in [6.45, 7) is 3.85. The summed E-state index contributed by atoms with van der Waals surface area (Å²) >= 11 is 18.1. The van der Waals surface area contributed by atoms with Crippen LogP contribution in [0.5, 0.6) is 0 Å². The van der Waals surface area contributed by atoms with E-state index in [9.17, 15) is 0 Å². The van der Waals surface area contributed by atoms with Gasteiger partial charge >= 0.3 is 0 Å².